The molecule has 0 aliphatic carbocycles. The summed E-state index contributed by atoms with van der Waals surface area (Å²) >= 11 is 5.92. The standard InChI is InChI=1S/C16H22ClN3O3/c1-23-16(22)20-9-6-14(7-10-20)19-15(21)18-8-5-12-3-2-4-13(17)11-12/h2-4,11,14H,5-10H2,1H3,(H2,18,19,21). The van der Waals surface area contributed by atoms with Crippen LogP contribution in [-0.4, -0.2) is 49.8 Å². The molecular weight excluding hydrogens is 318 g/mol. The third-order valence-corrected chi connectivity index (χ3v) is 4.09. The molecule has 2 rings (SSSR count). The molecule has 3 amide bonds. The predicted octanol–water partition coefficient (Wildman–Crippen LogP) is 2.41. The van der Waals surface area contributed by atoms with Crippen LogP contribution in [0.15, 0.2) is 24.3 Å². The molecule has 2 N–H and O–H groups in total. The first kappa shape index (κ1) is 17.4. The Hall–Kier alpha value is -1.95. The maximum absolute atomic E-state index is 11.9. The summed E-state index contributed by atoms with van der Waals surface area (Å²) in [6, 6.07) is 7.50. The molecule has 0 aromatic heterocycles. The molecule has 6 nitrogen and oxygen atoms in total. The van der Waals surface area contributed by atoms with Gasteiger partial charge in [-0.3, -0.25) is 0 Å². The van der Waals surface area contributed by atoms with E-state index in [2.05, 4.69) is 15.4 Å². The zero-order valence-corrected chi connectivity index (χ0v) is 13.9. The number of carbonyl (C=O) groups excluding carboxylic acids is 2. The summed E-state index contributed by atoms with van der Waals surface area (Å²) in [6.45, 7) is 1.74. The minimum atomic E-state index is -0.311. The van der Waals surface area contributed by atoms with Gasteiger partial charge in [-0.25, -0.2) is 9.59 Å². The van der Waals surface area contributed by atoms with Crippen molar-refractivity contribution in [3.63, 3.8) is 0 Å². The summed E-state index contributed by atoms with van der Waals surface area (Å²) in [6.07, 6.45) is 1.89. The van der Waals surface area contributed by atoms with Crippen LogP contribution in [0.1, 0.15) is 18.4 Å². The number of halogens is 1. The van der Waals surface area contributed by atoms with E-state index in [9.17, 15) is 9.59 Å². The van der Waals surface area contributed by atoms with Crippen molar-refractivity contribution >= 4 is 23.7 Å². The van der Waals surface area contributed by atoms with Crippen LogP contribution < -0.4 is 10.6 Å². The van der Waals surface area contributed by atoms with Gasteiger partial charge in [-0.1, -0.05) is 23.7 Å². The fraction of sp³-hybridized carbons (Fsp3) is 0.500. The molecule has 126 valence electrons. The number of urea groups is 1. The van der Waals surface area contributed by atoms with E-state index in [1.54, 1.807) is 4.90 Å². The van der Waals surface area contributed by atoms with Gasteiger partial charge < -0.3 is 20.3 Å². The number of hydrogen-bond donors (Lipinski definition) is 2. The van der Waals surface area contributed by atoms with Crippen LogP contribution in [0, 0.1) is 0 Å². The lowest BCUT2D eigenvalue weighted by atomic mass is 10.1. The lowest BCUT2D eigenvalue weighted by molar-refractivity contribution is 0.110. The average molecular weight is 340 g/mol. The number of rotatable bonds is 4. The van der Waals surface area contributed by atoms with Gasteiger partial charge in [0.2, 0.25) is 0 Å². The molecule has 1 saturated heterocycles. The third-order valence-electron chi connectivity index (χ3n) is 3.85. The lowest BCUT2D eigenvalue weighted by Gasteiger charge is -2.31. The monoisotopic (exact) mass is 339 g/mol. The number of nitrogens with zero attached hydrogens (tertiary/aromatic N) is 1. The molecular formula is C16H22ClN3O3. The normalized spacial score (nSPS) is 15.1. The Morgan fingerprint density at radius 2 is 2.09 bits per heavy atom. The highest BCUT2D eigenvalue weighted by molar-refractivity contribution is 6.30. The molecule has 7 heteroatoms. The molecule has 0 radical (unpaired) electrons. The smallest absolute Gasteiger partial charge is 0.409 e. The number of benzene rings is 1. The molecule has 0 atom stereocenters. The Morgan fingerprint density at radius 1 is 1.35 bits per heavy atom. The number of piperidine rings is 1. The van der Waals surface area contributed by atoms with Gasteiger partial charge in [0.1, 0.15) is 0 Å². The molecule has 0 saturated carbocycles. The maximum atomic E-state index is 11.9. The summed E-state index contributed by atoms with van der Waals surface area (Å²) in [7, 11) is 1.38. The van der Waals surface area contributed by atoms with Crippen molar-refractivity contribution in [1.82, 2.24) is 15.5 Å². The second-order valence-corrected chi connectivity index (χ2v) is 5.95. The Labute approximate surface area is 141 Å². The lowest BCUT2D eigenvalue weighted by Crippen LogP contribution is -2.49. The van der Waals surface area contributed by atoms with E-state index in [1.807, 2.05) is 24.3 Å². The van der Waals surface area contributed by atoms with Crippen molar-refractivity contribution in [1.29, 1.82) is 0 Å². The van der Waals surface area contributed by atoms with E-state index in [4.69, 9.17) is 11.6 Å². The molecule has 0 bridgehead atoms. The first-order valence-electron chi connectivity index (χ1n) is 7.70. The number of methoxy groups -OCH3 is 1. The molecule has 1 aliphatic heterocycles. The van der Waals surface area contributed by atoms with Crippen molar-refractivity contribution in [2.45, 2.75) is 25.3 Å². The van der Waals surface area contributed by atoms with E-state index in [1.165, 1.54) is 7.11 Å². The van der Waals surface area contributed by atoms with Crippen LogP contribution in [0.3, 0.4) is 0 Å². The van der Waals surface area contributed by atoms with Crippen molar-refractivity contribution in [2.75, 3.05) is 26.7 Å². The zero-order valence-electron chi connectivity index (χ0n) is 13.2. The summed E-state index contributed by atoms with van der Waals surface area (Å²) < 4.78 is 4.69. The summed E-state index contributed by atoms with van der Waals surface area (Å²) in [5.41, 5.74) is 1.09. The number of carbonyl (C=O) groups is 2. The number of amides is 3. The van der Waals surface area contributed by atoms with E-state index < -0.39 is 0 Å². The van der Waals surface area contributed by atoms with Crippen molar-refractivity contribution in [3.8, 4) is 0 Å². The molecule has 1 aromatic carbocycles. The second-order valence-electron chi connectivity index (χ2n) is 5.51. The van der Waals surface area contributed by atoms with Crippen LogP contribution in [0.2, 0.25) is 5.02 Å². The van der Waals surface area contributed by atoms with Gasteiger partial charge in [-0.05, 0) is 37.0 Å². The maximum Gasteiger partial charge on any atom is 0.409 e. The van der Waals surface area contributed by atoms with Gasteiger partial charge in [0.05, 0.1) is 7.11 Å². The molecule has 0 unspecified atom stereocenters. The zero-order chi connectivity index (χ0) is 16.7. The molecule has 23 heavy (non-hydrogen) atoms. The average Bonchev–Trinajstić information content (AvgIpc) is 2.55. The van der Waals surface area contributed by atoms with Crippen LogP contribution in [0.5, 0.6) is 0 Å². The topological polar surface area (TPSA) is 70.7 Å². The highest BCUT2D eigenvalue weighted by atomic mass is 35.5. The Bertz CT molecular complexity index is 545. The van der Waals surface area contributed by atoms with E-state index in [0.717, 1.165) is 24.8 Å². The minimum Gasteiger partial charge on any atom is -0.453 e. The van der Waals surface area contributed by atoms with Crippen molar-refractivity contribution in [2.24, 2.45) is 0 Å². The first-order chi connectivity index (χ1) is 11.1. The van der Waals surface area contributed by atoms with Crippen molar-refractivity contribution < 1.29 is 14.3 Å². The first-order valence-corrected chi connectivity index (χ1v) is 8.08. The number of likely N-dealkylation sites (tertiary alicyclic amines) is 1. The molecule has 1 heterocycles. The minimum absolute atomic E-state index is 0.0853. The predicted molar refractivity (Wildman–Crippen MR) is 88.7 cm³/mol. The summed E-state index contributed by atoms with van der Waals surface area (Å²) in [4.78, 5) is 24.9. The van der Waals surface area contributed by atoms with Gasteiger partial charge in [0, 0.05) is 30.7 Å². The van der Waals surface area contributed by atoms with Crippen molar-refractivity contribution in [3.05, 3.63) is 34.9 Å². The SMILES string of the molecule is COC(=O)N1CCC(NC(=O)NCCc2cccc(Cl)c2)CC1. The highest BCUT2D eigenvalue weighted by Crippen LogP contribution is 2.12. The largest absolute Gasteiger partial charge is 0.453 e. The van der Waals surface area contributed by atoms with E-state index in [0.29, 0.717) is 24.7 Å². The Balaban J connectivity index is 1.65. The fourth-order valence-corrected chi connectivity index (χ4v) is 2.80. The van der Waals surface area contributed by atoms with Gasteiger partial charge >= 0.3 is 12.1 Å². The van der Waals surface area contributed by atoms with Crippen LogP contribution in [-0.2, 0) is 11.2 Å². The second kappa shape index (κ2) is 8.62. The molecule has 1 aromatic rings. The highest BCUT2D eigenvalue weighted by Gasteiger charge is 2.23. The molecule has 1 aliphatic rings. The van der Waals surface area contributed by atoms with Gasteiger partial charge in [0.15, 0.2) is 0 Å². The summed E-state index contributed by atoms with van der Waals surface area (Å²) in [5.74, 6) is 0. The molecule has 0 spiro atoms. The van der Waals surface area contributed by atoms with Gasteiger partial charge in [-0.2, -0.15) is 0 Å². The van der Waals surface area contributed by atoms with E-state index in [-0.39, 0.29) is 18.2 Å². The fourth-order valence-electron chi connectivity index (χ4n) is 2.58. The third kappa shape index (κ3) is 5.63. The molecule has 1 fully saturated rings. The van der Waals surface area contributed by atoms with Crippen LogP contribution in [0.4, 0.5) is 9.59 Å². The Kier molecular flexibility index (Phi) is 6.52. The number of hydrogen-bond acceptors (Lipinski definition) is 3. The quantitative estimate of drug-likeness (QED) is 0.885. The summed E-state index contributed by atoms with van der Waals surface area (Å²) in [5, 5.41) is 6.48. The van der Waals surface area contributed by atoms with Gasteiger partial charge in [-0.15, -0.1) is 0 Å². The number of nitrogens with one attached hydrogen (secondary N) is 2. The van der Waals surface area contributed by atoms with Crippen LogP contribution in [0.25, 0.3) is 0 Å². The Morgan fingerprint density at radius 3 is 2.74 bits per heavy atom. The van der Waals surface area contributed by atoms with E-state index >= 15 is 0 Å². The number of ether oxygens (including phenoxy) is 1. The van der Waals surface area contributed by atoms with Gasteiger partial charge in [0.25, 0.3) is 0 Å². The van der Waals surface area contributed by atoms with Crippen LogP contribution >= 0.6 is 11.6 Å².